The van der Waals surface area contributed by atoms with Gasteiger partial charge in [-0.2, -0.15) is 0 Å². The Labute approximate surface area is 193 Å². The summed E-state index contributed by atoms with van der Waals surface area (Å²) in [6.07, 6.45) is 0.968. The summed E-state index contributed by atoms with van der Waals surface area (Å²) in [5.74, 6) is -0.548. The van der Waals surface area contributed by atoms with Gasteiger partial charge in [-0.1, -0.05) is 42.5 Å². The lowest BCUT2D eigenvalue weighted by Gasteiger charge is -2.36. The molecule has 1 saturated heterocycles. The summed E-state index contributed by atoms with van der Waals surface area (Å²) in [6.45, 7) is 5.84. The minimum Gasteiger partial charge on any atom is -0.324 e. The molecule has 0 radical (unpaired) electrons. The Morgan fingerprint density at radius 1 is 1.00 bits per heavy atom. The molecule has 3 aromatic carbocycles. The van der Waals surface area contributed by atoms with Crippen LogP contribution in [-0.4, -0.2) is 29.9 Å². The van der Waals surface area contributed by atoms with Crippen LogP contribution in [0.3, 0.4) is 0 Å². The van der Waals surface area contributed by atoms with Crippen LogP contribution in [0, 0.1) is 19.7 Å². The number of urea groups is 1. The van der Waals surface area contributed by atoms with Gasteiger partial charge in [-0.25, -0.2) is 9.18 Å². The van der Waals surface area contributed by atoms with E-state index < -0.39 is 0 Å². The molecule has 0 spiro atoms. The van der Waals surface area contributed by atoms with E-state index in [-0.39, 0.29) is 24.2 Å². The molecule has 0 bridgehead atoms. The first kappa shape index (κ1) is 22.5. The predicted octanol–water partition coefficient (Wildman–Crippen LogP) is 5.46. The fourth-order valence-electron chi connectivity index (χ4n) is 4.11. The highest BCUT2D eigenvalue weighted by molar-refractivity contribution is 6.01. The monoisotopic (exact) mass is 445 g/mol. The number of carbonyl (C=O) groups excluding carboxylic acids is 2. The van der Waals surface area contributed by atoms with Crippen molar-refractivity contribution < 1.29 is 14.0 Å². The van der Waals surface area contributed by atoms with Crippen LogP contribution >= 0.6 is 0 Å². The molecule has 0 aliphatic carbocycles. The van der Waals surface area contributed by atoms with Gasteiger partial charge in [0.15, 0.2) is 0 Å². The van der Waals surface area contributed by atoms with Crippen LogP contribution in [0.1, 0.15) is 28.7 Å². The summed E-state index contributed by atoms with van der Waals surface area (Å²) in [5, 5.41) is 2.96. The topological polar surface area (TPSA) is 52.6 Å². The van der Waals surface area contributed by atoms with E-state index in [1.807, 2.05) is 42.2 Å². The van der Waals surface area contributed by atoms with Gasteiger partial charge in [0.25, 0.3) is 0 Å². The van der Waals surface area contributed by atoms with Crippen molar-refractivity contribution in [3.8, 4) is 0 Å². The van der Waals surface area contributed by atoms with Crippen LogP contribution in [0.25, 0.3) is 0 Å². The van der Waals surface area contributed by atoms with E-state index in [1.54, 1.807) is 17.0 Å². The normalized spacial score (nSPS) is 13.8. The summed E-state index contributed by atoms with van der Waals surface area (Å²) in [7, 11) is 0. The molecule has 0 unspecified atom stereocenters. The first-order valence-electron chi connectivity index (χ1n) is 11.2. The second-order valence-electron chi connectivity index (χ2n) is 8.51. The Morgan fingerprint density at radius 3 is 2.52 bits per heavy atom. The summed E-state index contributed by atoms with van der Waals surface area (Å²) >= 11 is 0. The Morgan fingerprint density at radius 2 is 1.76 bits per heavy atom. The molecule has 3 aromatic rings. The zero-order valence-corrected chi connectivity index (χ0v) is 19.0. The van der Waals surface area contributed by atoms with Crippen molar-refractivity contribution in [3.63, 3.8) is 0 Å². The molecular weight excluding hydrogens is 417 g/mol. The van der Waals surface area contributed by atoms with Gasteiger partial charge in [-0.15, -0.1) is 0 Å². The van der Waals surface area contributed by atoms with Gasteiger partial charge in [-0.3, -0.25) is 9.69 Å². The van der Waals surface area contributed by atoms with Crippen LogP contribution < -0.4 is 10.2 Å². The van der Waals surface area contributed by atoms with Crippen molar-refractivity contribution in [1.29, 1.82) is 0 Å². The number of amides is 3. The zero-order chi connectivity index (χ0) is 23.4. The van der Waals surface area contributed by atoms with Crippen molar-refractivity contribution in [2.24, 2.45) is 0 Å². The van der Waals surface area contributed by atoms with Crippen molar-refractivity contribution in [2.45, 2.75) is 33.2 Å². The lowest BCUT2D eigenvalue weighted by atomic mass is 10.1. The Kier molecular flexibility index (Phi) is 6.73. The van der Waals surface area contributed by atoms with E-state index in [0.717, 1.165) is 28.7 Å². The average molecular weight is 446 g/mol. The minimum atomic E-state index is -0.334. The van der Waals surface area contributed by atoms with Crippen molar-refractivity contribution in [1.82, 2.24) is 4.90 Å². The summed E-state index contributed by atoms with van der Waals surface area (Å²) in [5.41, 5.74) is 5.29. The summed E-state index contributed by atoms with van der Waals surface area (Å²) in [6, 6.07) is 19.6. The first-order chi connectivity index (χ1) is 15.9. The first-order valence-corrected chi connectivity index (χ1v) is 11.2. The molecule has 1 aliphatic rings. The number of nitrogens with one attached hydrogen (secondary N) is 1. The summed E-state index contributed by atoms with van der Waals surface area (Å²) in [4.78, 5) is 29.7. The lowest BCUT2D eigenvalue weighted by Crippen LogP contribution is -2.49. The largest absolute Gasteiger partial charge is 0.324 e. The molecular formula is C27H28FN3O2. The molecule has 0 aromatic heterocycles. The van der Waals surface area contributed by atoms with E-state index >= 15 is 0 Å². The van der Waals surface area contributed by atoms with Gasteiger partial charge >= 0.3 is 6.03 Å². The highest BCUT2D eigenvalue weighted by Crippen LogP contribution is 2.30. The van der Waals surface area contributed by atoms with E-state index in [0.29, 0.717) is 31.0 Å². The third kappa shape index (κ3) is 5.40. The molecule has 170 valence electrons. The Balaban J connectivity index is 1.53. The fraction of sp³-hybridized carbons (Fsp3) is 0.259. The predicted molar refractivity (Wildman–Crippen MR) is 129 cm³/mol. The second-order valence-corrected chi connectivity index (χ2v) is 8.51. The molecule has 1 fully saturated rings. The smallest absolute Gasteiger partial charge is 0.324 e. The van der Waals surface area contributed by atoms with Crippen molar-refractivity contribution >= 4 is 23.3 Å². The number of anilines is 2. The molecule has 5 nitrogen and oxygen atoms in total. The molecule has 3 amide bonds. The van der Waals surface area contributed by atoms with E-state index in [2.05, 4.69) is 24.4 Å². The van der Waals surface area contributed by atoms with Crippen LogP contribution in [0.15, 0.2) is 66.7 Å². The van der Waals surface area contributed by atoms with Gasteiger partial charge in [0.1, 0.15) is 5.82 Å². The number of hydrogen-bond donors (Lipinski definition) is 1. The van der Waals surface area contributed by atoms with Crippen molar-refractivity contribution in [3.05, 3.63) is 94.8 Å². The Bertz CT molecular complexity index is 1160. The number of rotatable bonds is 6. The maximum atomic E-state index is 13.4. The second kappa shape index (κ2) is 9.86. The van der Waals surface area contributed by atoms with E-state index in [1.165, 1.54) is 12.1 Å². The Hall–Kier alpha value is -3.67. The molecule has 1 N–H and O–H groups in total. The number of benzene rings is 3. The van der Waals surface area contributed by atoms with Crippen LogP contribution in [0.5, 0.6) is 0 Å². The number of nitrogens with zero attached hydrogens (tertiary/aromatic N) is 2. The molecule has 6 heteroatoms. The number of hydrogen-bond acceptors (Lipinski definition) is 2. The molecule has 4 rings (SSSR count). The van der Waals surface area contributed by atoms with Crippen LogP contribution in [0.4, 0.5) is 20.6 Å². The quantitative estimate of drug-likeness (QED) is 0.548. The third-order valence-electron chi connectivity index (χ3n) is 5.93. The van der Waals surface area contributed by atoms with Gasteiger partial charge < -0.3 is 10.2 Å². The number of aryl methyl sites for hydroxylation is 2. The summed E-state index contributed by atoms with van der Waals surface area (Å²) < 4.78 is 13.2. The highest BCUT2D eigenvalue weighted by Gasteiger charge is 2.29. The van der Waals surface area contributed by atoms with E-state index in [4.69, 9.17) is 0 Å². The molecule has 33 heavy (non-hydrogen) atoms. The number of halogens is 1. The third-order valence-corrected chi connectivity index (χ3v) is 5.93. The lowest BCUT2D eigenvalue weighted by molar-refractivity contribution is -0.115. The number of carbonyl (C=O) groups is 2. The van der Waals surface area contributed by atoms with Gasteiger partial charge in [0.05, 0.1) is 17.8 Å². The van der Waals surface area contributed by atoms with Crippen molar-refractivity contribution in [2.75, 3.05) is 23.3 Å². The fourth-order valence-corrected chi connectivity index (χ4v) is 4.11. The maximum Gasteiger partial charge on any atom is 0.324 e. The van der Waals surface area contributed by atoms with E-state index in [9.17, 15) is 14.0 Å². The molecule has 1 heterocycles. The SMILES string of the molecule is Cc1ccc(N2CCCN(Cc3ccccc3C)C2=O)c(NC(=O)Cc2ccc(F)cc2)c1. The van der Waals surface area contributed by atoms with Crippen LogP contribution in [0.2, 0.25) is 0 Å². The molecule has 1 aliphatic heterocycles. The maximum absolute atomic E-state index is 13.4. The average Bonchev–Trinajstić information content (AvgIpc) is 2.79. The molecule has 0 atom stereocenters. The molecule has 0 saturated carbocycles. The zero-order valence-electron chi connectivity index (χ0n) is 19.0. The van der Waals surface area contributed by atoms with Gasteiger partial charge in [-0.05, 0) is 66.8 Å². The van der Waals surface area contributed by atoms with Gasteiger partial charge in [0, 0.05) is 19.6 Å². The van der Waals surface area contributed by atoms with Crippen LogP contribution in [-0.2, 0) is 17.8 Å². The van der Waals surface area contributed by atoms with Gasteiger partial charge in [0.2, 0.25) is 5.91 Å². The minimum absolute atomic E-state index is 0.0672. The highest BCUT2D eigenvalue weighted by atomic mass is 19.1. The standard InChI is InChI=1S/C27H28FN3O2/c1-19-8-13-25(24(16-19)29-26(32)17-21-9-11-23(28)12-10-21)31-15-5-14-30(27(31)33)18-22-7-4-3-6-20(22)2/h3-4,6-13,16H,5,14-15,17-18H2,1-2H3,(H,29,32).